The van der Waals surface area contributed by atoms with E-state index in [9.17, 15) is 4.79 Å². The molecule has 0 aliphatic rings. The quantitative estimate of drug-likeness (QED) is 0.557. The van der Waals surface area contributed by atoms with E-state index in [1.165, 1.54) is 12.7 Å². The van der Waals surface area contributed by atoms with Gasteiger partial charge in [0.15, 0.2) is 5.38 Å². The molecule has 0 heterocycles. The molecular weight excluding hydrogens is 200 g/mol. The van der Waals surface area contributed by atoms with E-state index in [1.807, 2.05) is 32.0 Å². The first-order valence-electron chi connectivity index (χ1n) is 4.35. The fourth-order valence-corrected chi connectivity index (χ4v) is 1.39. The van der Waals surface area contributed by atoms with Crippen LogP contribution in [0, 0.1) is 13.8 Å². The van der Waals surface area contributed by atoms with Gasteiger partial charge in [-0.3, -0.25) is 4.79 Å². The highest BCUT2D eigenvalue weighted by molar-refractivity contribution is 6.29. The van der Waals surface area contributed by atoms with Crippen molar-refractivity contribution in [1.29, 1.82) is 0 Å². The number of benzene rings is 1. The van der Waals surface area contributed by atoms with Crippen LogP contribution in [-0.2, 0) is 9.53 Å². The number of hydrogen-bond acceptors (Lipinski definition) is 2. The van der Waals surface area contributed by atoms with Gasteiger partial charge in [-0.2, -0.15) is 0 Å². The van der Waals surface area contributed by atoms with E-state index in [1.54, 1.807) is 0 Å². The molecule has 0 fully saturated rings. The molecule has 0 aromatic heterocycles. The second-order valence-corrected chi connectivity index (χ2v) is 3.67. The number of halogens is 1. The SMILES string of the molecule is COC(=O)C(Cl)c1ccc(C)c(C)c1. The van der Waals surface area contributed by atoms with Gasteiger partial charge in [0.05, 0.1) is 7.11 Å². The Bertz CT molecular complexity index is 347. The summed E-state index contributed by atoms with van der Waals surface area (Å²) in [6.07, 6.45) is 0. The standard InChI is InChI=1S/C11H13ClO2/c1-7-4-5-9(6-8(7)2)10(12)11(13)14-3/h4-6,10H,1-3H3. The summed E-state index contributed by atoms with van der Waals surface area (Å²) in [6, 6.07) is 5.70. The summed E-state index contributed by atoms with van der Waals surface area (Å²) in [6.45, 7) is 4.00. The molecule has 76 valence electrons. The van der Waals surface area contributed by atoms with Crippen LogP contribution in [0.15, 0.2) is 18.2 Å². The number of carbonyl (C=O) groups is 1. The molecule has 1 aromatic rings. The molecule has 0 aliphatic heterocycles. The summed E-state index contributed by atoms with van der Waals surface area (Å²) < 4.78 is 4.57. The first-order valence-corrected chi connectivity index (χ1v) is 4.79. The fraction of sp³-hybridized carbons (Fsp3) is 0.364. The summed E-state index contributed by atoms with van der Waals surface area (Å²) in [5, 5.41) is -0.709. The molecule has 0 saturated carbocycles. The van der Waals surface area contributed by atoms with Crippen molar-refractivity contribution in [3.8, 4) is 0 Å². The normalized spacial score (nSPS) is 12.3. The monoisotopic (exact) mass is 212 g/mol. The number of ether oxygens (including phenoxy) is 1. The molecule has 1 aromatic carbocycles. The molecule has 1 rings (SSSR count). The van der Waals surface area contributed by atoms with E-state index in [2.05, 4.69) is 4.74 Å². The lowest BCUT2D eigenvalue weighted by molar-refractivity contribution is -0.140. The van der Waals surface area contributed by atoms with Crippen LogP contribution in [0.4, 0.5) is 0 Å². The highest BCUT2D eigenvalue weighted by Gasteiger charge is 2.18. The lowest BCUT2D eigenvalue weighted by Gasteiger charge is -2.09. The lowest BCUT2D eigenvalue weighted by atomic mass is 10.0. The smallest absolute Gasteiger partial charge is 0.328 e. The predicted molar refractivity (Wildman–Crippen MR) is 56.5 cm³/mol. The van der Waals surface area contributed by atoms with Gasteiger partial charge in [0.25, 0.3) is 0 Å². The molecule has 0 radical (unpaired) electrons. The van der Waals surface area contributed by atoms with Gasteiger partial charge in [0.2, 0.25) is 0 Å². The molecule has 0 aliphatic carbocycles. The van der Waals surface area contributed by atoms with Crippen LogP contribution < -0.4 is 0 Å². The molecule has 0 N–H and O–H groups in total. The Hall–Kier alpha value is -1.02. The zero-order valence-electron chi connectivity index (χ0n) is 8.50. The van der Waals surface area contributed by atoms with Gasteiger partial charge < -0.3 is 4.74 Å². The molecule has 3 heteroatoms. The summed E-state index contributed by atoms with van der Waals surface area (Å²) in [7, 11) is 1.33. The van der Waals surface area contributed by atoms with Gasteiger partial charge in [-0.25, -0.2) is 0 Å². The fourth-order valence-electron chi connectivity index (χ4n) is 1.16. The Morgan fingerprint density at radius 2 is 2.00 bits per heavy atom. The van der Waals surface area contributed by atoms with Gasteiger partial charge in [-0.1, -0.05) is 18.2 Å². The number of carbonyl (C=O) groups excluding carboxylic acids is 1. The van der Waals surface area contributed by atoms with Crippen LogP contribution in [0.3, 0.4) is 0 Å². The Labute approximate surface area is 88.8 Å². The minimum Gasteiger partial charge on any atom is -0.468 e. The number of methoxy groups -OCH3 is 1. The van der Waals surface area contributed by atoms with Crippen molar-refractivity contribution in [3.63, 3.8) is 0 Å². The third kappa shape index (κ3) is 2.26. The van der Waals surface area contributed by atoms with E-state index in [-0.39, 0.29) is 0 Å². The largest absolute Gasteiger partial charge is 0.468 e. The Morgan fingerprint density at radius 3 is 2.50 bits per heavy atom. The number of alkyl halides is 1. The van der Waals surface area contributed by atoms with Gasteiger partial charge in [-0.15, -0.1) is 11.6 Å². The van der Waals surface area contributed by atoms with E-state index < -0.39 is 11.3 Å². The van der Waals surface area contributed by atoms with E-state index >= 15 is 0 Å². The Balaban J connectivity index is 2.96. The summed E-state index contributed by atoms with van der Waals surface area (Å²) in [5.41, 5.74) is 3.08. The number of esters is 1. The molecule has 0 saturated heterocycles. The third-order valence-corrected chi connectivity index (χ3v) is 2.66. The number of hydrogen-bond donors (Lipinski definition) is 0. The van der Waals surface area contributed by atoms with Crippen LogP contribution in [0.25, 0.3) is 0 Å². The van der Waals surface area contributed by atoms with Crippen molar-refractivity contribution in [2.45, 2.75) is 19.2 Å². The molecule has 14 heavy (non-hydrogen) atoms. The van der Waals surface area contributed by atoms with Crippen molar-refractivity contribution in [2.75, 3.05) is 7.11 Å². The molecular formula is C11H13ClO2. The van der Waals surface area contributed by atoms with Crippen LogP contribution in [0.1, 0.15) is 22.1 Å². The first-order chi connectivity index (χ1) is 6.56. The van der Waals surface area contributed by atoms with Gasteiger partial charge in [0.1, 0.15) is 0 Å². The molecule has 0 spiro atoms. The van der Waals surface area contributed by atoms with Crippen molar-refractivity contribution in [2.24, 2.45) is 0 Å². The van der Waals surface area contributed by atoms with Gasteiger partial charge in [-0.05, 0) is 30.5 Å². The summed E-state index contributed by atoms with van der Waals surface area (Å²) in [5.74, 6) is -0.421. The van der Waals surface area contributed by atoms with Crippen molar-refractivity contribution in [3.05, 3.63) is 34.9 Å². The van der Waals surface area contributed by atoms with E-state index in [0.717, 1.165) is 11.1 Å². The summed E-state index contributed by atoms with van der Waals surface area (Å²) >= 11 is 5.91. The van der Waals surface area contributed by atoms with Crippen LogP contribution in [0.5, 0.6) is 0 Å². The van der Waals surface area contributed by atoms with Crippen LogP contribution in [-0.4, -0.2) is 13.1 Å². The minimum absolute atomic E-state index is 0.421. The van der Waals surface area contributed by atoms with E-state index in [0.29, 0.717) is 0 Å². The van der Waals surface area contributed by atoms with Gasteiger partial charge in [0, 0.05) is 0 Å². The summed E-state index contributed by atoms with van der Waals surface area (Å²) in [4.78, 5) is 11.2. The molecule has 1 atom stereocenters. The van der Waals surface area contributed by atoms with E-state index in [4.69, 9.17) is 11.6 Å². The molecule has 0 amide bonds. The highest BCUT2D eigenvalue weighted by Crippen LogP contribution is 2.23. The second kappa shape index (κ2) is 4.47. The average molecular weight is 213 g/mol. The minimum atomic E-state index is -0.709. The van der Waals surface area contributed by atoms with Gasteiger partial charge >= 0.3 is 5.97 Å². The second-order valence-electron chi connectivity index (χ2n) is 3.23. The van der Waals surface area contributed by atoms with Crippen LogP contribution in [0.2, 0.25) is 0 Å². The zero-order chi connectivity index (χ0) is 10.7. The lowest BCUT2D eigenvalue weighted by Crippen LogP contribution is -2.08. The predicted octanol–water partition coefficient (Wildman–Crippen LogP) is 2.76. The maximum absolute atomic E-state index is 11.2. The Morgan fingerprint density at radius 1 is 1.36 bits per heavy atom. The average Bonchev–Trinajstić information content (AvgIpc) is 2.20. The highest BCUT2D eigenvalue weighted by atomic mass is 35.5. The number of rotatable bonds is 2. The van der Waals surface area contributed by atoms with Crippen molar-refractivity contribution in [1.82, 2.24) is 0 Å². The number of aryl methyl sites for hydroxylation is 2. The topological polar surface area (TPSA) is 26.3 Å². The first kappa shape index (κ1) is 11.1. The molecule has 0 bridgehead atoms. The maximum Gasteiger partial charge on any atom is 0.328 e. The third-order valence-electron chi connectivity index (χ3n) is 2.23. The zero-order valence-corrected chi connectivity index (χ0v) is 9.26. The maximum atomic E-state index is 11.2. The molecule has 1 unspecified atom stereocenters. The van der Waals surface area contributed by atoms with Crippen LogP contribution >= 0.6 is 11.6 Å². The van der Waals surface area contributed by atoms with Crippen molar-refractivity contribution < 1.29 is 9.53 Å². The van der Waals surface area contributed by atoms with Crippen molar-refractivity contribution >= 4 is 17.6 Å². The Kier molecular flexibility index (Phi) is 3.53. The molecule has 2 nitrogen and oxygen atoms in total.